The van der Waals surface area contributed by atoms with Crippen LogP contribution in [0.15, 0.2) is 42.9 Å². The second-order valence-electron chi connectivity index (χ2n) is 5.04. The van der Waals surface area contributed by atoms with Crippen molar-refractivity contribution < 1.29 is 0 Å². The molecule has 20 heavy (non-hydrogen) atoms. The highest BCUT2D eigenvalue weighted by Gasteiger charge is 2.06. The third kappa shape index (κ3) is 2.53. The number of nitrogens with zero attached hydrogens (tertiary/aromatic N) is 4. The Hall–Kier alpha value is -2.27. The van der Waals surface area contributed by atoms with Crippen LogP contribution >= 0.6 is 0 Å². The number of hydrogen-bond acceptors (Lipinski definition) is 4. The van der Waals surface area contributed by atoms with Crippen molar-refractivity contribution in [1.29, 1.82) is 0 Å². The third-order valence-corrected chi connectivity index (χ3v) is 3.07. The standard InChI is InChI=1S/C15H17N5/c1-11(2)16-7-12-8-17-15(18-9-12)20-14-6-4-3-5-13(14)10-19-20/h3-6,8-11,16H,7H2,1-2H3. The molecule has 0 amide bonds. The Balaban J connectivity index is 1.87. The van der Waals surface area contributed by atoms with E-state index in [1.807, 2.05) is 42.9 Å². The molecule has 3 rings (SSSR count). The minimum Gasteiger partial charge on any atom is -0.310 e. The fourth-order valence-electron chi connectivity index (χ4n) is 2.00. The van der Waals surface area contributed by atoms with Gasteiger partial charge in [0.15, 0.2) is 0 Å². The monoisotopic (exact) mass is 267 g/mol. The molecule has 0 saturated carbocycles. The maximum Gasteiger partial charge on any atom is 0.251 e. The normalized spacial score (nSPS) is 11.3. The smallest absolute Gasteiger partial charge is 0.251 e. The summed E-state index contributed by atoms with van der Waals surface area (Å²) in [7, 11) is 0. The third-order valence-electron chi connectivity index (χ3n) is 3.07. The van der Waals surface area contributed by atoms with Gasteiger partial charge in [-0.1, -0.05) is 32.0 Å². The molecule has 2 aromatic heterocycles. The molecule has 0 fully saturated rings. The van der Waals surface area contributed by atoms with Gasteiger partial charge in [-0.3, -0.25) is 0 Å². The highest BCUT2D eigenvalue weighted by atomic mass is 15.3. The van der Waals surface area contributed by atoms with Gasteiger partial charge in [0.25, 0.3) is 5.95 Å². The fraction of sp³-hybridized carbons (Fsp3) is 0.267. The maximum absolute atomic E-state index is 4.40. The van der Waals surface area contributed by atoms with Crippen LogP contribution in [0.25, 0.3) is 16.9 Å². The van der Waals surface area contributed by atoms with Crippen LogP contribution in [0.4, 0.5) is 0 Å². The molecule has 1 aromatic carbocycles. The zero-order valence-corrected chi connectivity index (χ0v) is 11.6. The van der Waals surface area contributed by atoms with Crippen molar-refractivity contribution in [1.82, 2.24) is 25.1 Å². The van der Waals surface area contributed by atoms with Crippen LogP contribution in [-0.4, -0.2) is 25.8 Å². The van der Waals surface area contributed by atoms with Crippen molar-refractivity contribution in [2.24, 2.45) is 0 Å². The Kier molecular flexibility index (Phi) is 3.43. The van der Waals surface area contributed by atoms with Gasteiger partial charge in [0.2, 0.25) is 0 Å². The molecule has 0 aliphatic heterocycles. The van der Waals surface area contributed by atoms with Crippen LogP contribution < -0.4 is 5.32 Å². The molecule has 2 heterocycles. The van der Waals surface area contributed by atoms with Crippen LogP contribution in [0.1, 0.15) is 19.4 Å². The van der Waals surface area contributed by atoms with Crippen LogP contribution in [-0.2, 0) is 6.54 Å². The summed E-state index contributed by atoms with van der Waals surface area (Å²) in [5.41, 5.74) is 2.08. The van der Waals surface area contributed by atoms with Gasteiger partial charge in [-0.25, -0.2) is 9.97 Å². The van der Waals surface area contributed by atoms with Gasteiger partial charge in [0.05, 0.1) is 11.7 Å². The lowest BCUT2D eigenvalue weighted by Gasteiger charge is -2.08. The summed E-state index contributed by atoms with van der Waals surface area (Å²) >= 11 is 0. The summed E-state index contributed by atoms with van der Waals surface area (Å²) in [6.07, 6.45) is 5.51. The number of benzene rings is 1. The molecule has 3 aromatic rings. The Morgan fingerprint density at radius 3 is 2.60 bits per heavy atom. The molecule has 0 spiro atoms. The molecule has 0 atom stereocenters. The van der Waals surface area contributed by atoms with Gasteiger partial charge in [0, 0.05) is 35.9 Å². The summed E-state index contributed by atoms with van der Waals surface area (Å²) < 4.78 is 1.76. The van der Waals surface area contributed by atoms with Gasteiger partial charge in [-0.2, -0.15) is 9.78 Å². The summed E-state index contributed by atoms with van der Waals surface area (Å²) in [4.78, 5) is 8.80. The largest absolute Gasteiger partial charge is 0.310 e. The van der Waals surface area contributed by atoms with E-state index in [-0.39, 0.29) is 0 Å². The Morgan fingerprint density at radius 2 is 1.85 bits per heavy atom. The zero-order chi connectivity index (χ0) is 13.9. The van der Waals surface area contributed by atoms with Crippen LogP contribution in [0, 0.1) is 0 Å². The maximum atomic E-state index is 4.40. The minimum atomic E-state index is 0.449. The molecule has 0 aliphatic rings. The van der Waals surface area contributed by atoms with E-state index < -0.39 is 0 Å². The van der Waals surface area contributed by atoms with Crippen LogP contribution in [0.2, 0.25) is 0 Å². The van der Waals surface area contributed by atoms with Crippen molar-refractivity contribution in [2.75, 3.05) is 0 Å². The van der Waals surface area contributed by atoms with E-state index in [9.17, 15) is 0 Å². The van der Waals surface area contributed by atoms with Crippen molar-refractivity contribution >= 4 is 10.9 Å². The molecule has 5 nitrogen and oxygen atoms in total. The molecule has 0 radical (unpaired) electrons. The Morgan fingerprint density at radius 1 is 1.10 bits per heavy atom. The molecule has 0 unspecified atom stereocenters. The van der Waals surface area contributed by atoms with Gasteiger partial charge < -0.3 is 5.32 Å². The lowest BCUT2D eigenvalue weighted by Crippen LogP contribution is -2.22. The van der Waals surface area contributed by atoms with Gasteiger partial charge in [0.1, 0.15) is 0 Å². The van der Waals surface area contributed by atoms with E-state index in [1.165, 1.54) is 0 Å². The number of nitrogens with one attached hydrogen (secondary N) is 1. The van der Waals surface area contributed by atoms with Crippen molar-refractivity contribution in [3.05, 3.63) is 48.4 Å². The second kappa shape index (κ2) is 5.38. The van der Waals surface area contributed by atoms with Gasteiger partial charge in [-0.05, 0) is 6.07 Å². The topological polar surface area (TPSA) is 55.6 Å². The number of aromatic nitrogens is 4. The first-order chi connectivity index (χ1) is 9.74. The number of rotatable bonds is 4. The lowest BCUT2D eigenvalue weighted by molar-refractivity contribution is 0.586. The van der Waals surface area contributed by atoms with Crippen LogP contribution in [0.3, 0.4) is 0 Å². The van der Waals surface area contributed by atoms with Gasteiger partial charge in [-0.15, -0.1) is 0 Å². The molecule has 0 bridgehead atoms. The number of fused-ring (bicyclic) bond motifs is 1. The van der Waals surface area contributed by atoms with E-state index in [0.717, 1.165) is 23.0 Å². The molecule has 0 aliphatic carbocycles. The summed E-state index contributed by atoms with van der Waals surface area (Å²) in [6.45, 7) is 5.01. The number of para-hydroxylation sites is 1. The Labute approximate surface area is 117 Å². The lowest BCUT2D eigenvalue weighted by atomic mass is 10.3. The predicted octanol–water partition coefficient (Wildman–Crippen LogP) is 2.31. The second-order valence-corrected chi connectivity index (χ2v) is 5.04. The summed E-state index contributed by atoms with van der Waals surface area (Å²) in [6, 6.07) is 8.47. The highest BCUT2D eigenvalue weighted by Crippen LogP contribution is 2.15. The fourth-order valence-corrected chi connectivity index (χ4v) is 2.00. The number of hydrogen-bond donors (Lipinski definition) is 1. The van der Waals surface area contributed by atoms with Gasteiger partial charge >= 0.3 is 0 Å². The van der Waals surface area contributed by atoms with Crippen LogP contribution in [0.5, 0.6) is 0 Å². The summed E-state index contributed by atoms with van der Waals surface area (Å²) in [5.74, 6) is 0.597. The SMILES string of the molecule is CC(C)NCc1cnc(-n2ncc3ccccc32)nc1. The molecule has 5 heteroatoms. The first-order valence-corrected chi connectivity index (χ1v) is 6.71. The zero-order valence-electron chi connectivity index (χ0n) is 11.6. The molecule has 1 N–H and O–H groups in total. The average Bonchev–Trinajstić information content (AvgIpc) is 2.89. The quantitative estimate of drug-likeness (QED) is 0.788. The molecular formula is C15H17N5. The van der Waals surface area contributed by atoms with E-state index in [1.54, 1.807) is 4.68 Å². The molecular weight excluding hydrogens is 250 g/mol. The van der Waals surface area contributed by atoms with Crippen molar-refractivity contribution in [3.8, 4) is 5.95 Å². The van der Waals surface area contributed by atoms with E-state index in [0.29, 0.717) is 12.0 Å². The molecule has 0 saturated heterocycles. The first-order valence-electron chi connectivity index (χ1n) is 6.71. The summed E-state index contributed by atoms with van der Waals surface area (Å²) in [5, 5.41) is 8.77. The van der Waals surface area contributed by atoms with E-state index >= 15 is 0 Å². The van der Waals surface area contributed by atoms with E-state index in [4.69, 9.17) is 0 Å². The van der Waals surface area contributed by atoms with Crippen molar-refractivity contribution in [2.45, 2.75) is 26.4 Å². The highest BCUT2D eigenvalue weighted by molar-refractivity contribution is 5.79. The van der Waals surface area contributed by atoms with E-state index in [2.05, 4.69) is 34.2 Å². The predicted molar refractivity (Wildman–Crippen MR) is 78.6 cm³/mol. The van der Waals surface area contributed by atoms with Crippen molar-refractivity contribution in [3.63, 3.8) is 0 Å². The Bertz CT molecular complexity index is 700. The minimum absolute atomic E-state index is 0.449. The molecule has 102 valence electrons. The first kappa shape index (κ1) is 12.7. The average molecular weight is 267 g/mol.